The summed E-state index contributed by atoms with van der Waals surface area (Å²) in [5.74, 6) is 0.474. The van der Waals surface area contributed by atoms with E-state index in [9.17, 15) is 9.59 Å². The molecule has 0 spiro atoms. The van der Waals surface area contributed by atoms with Crippen LogP contribution in [0.4, 0.5) is 0 Å². The summed E-state index contributed by atoms with van der Waals surface area (Å²) in [6.07, 6.45) is 5.17. The molecule has 3 aromatic carbocycles. The maximum absolute atomic E-state index is 13.9. The lowest BCUT2D eigenvalue weighted by atomic mass is 9.90. The molecular formula is C34H42N6O3. The van der Waals surface area contributed by atoms with Gasteiger partial charge in [-0.1, -0.05) is 78.9 Å². The largest absolute Gasteiger partial charge is 0.496 e. The van der Waals surface area contributed by atoms with Crippen molar-refractivity contribution in [2.24, 2.45) is 5.73 Å². The van der Waals surface area contributed by atoms with Crippen LogP contribution in [0.5, 0.6) is 5.75 Å². The number of rotatable bonds is 13. The van der Waals surface area contributed by atoms with Crippen molar-refractivity contribution >= 4 is 23.8 Å². The number of benzene rings is 3. The summed E-state index contributed by atoms with van der Waals surface area (Å²) in [7, 11) is 1.60. The second-order valence-electron chi connectivity index (χ2n) is 10.7. The Balaban J connectivity index is 1.46. The minimum absolute atomic E-state index is 0.0303. The van der Waals surface area contributed by atoms with Crippen LogP contribution in [0, 0.1) is 5.41 Å². The van der Waals surface area contributed by atoms with Crippen molar-refractivity contribution in [3.8, 4) is 5.75 Å². The van der Waals surface area contributed by atoms with E-state index in [1.165, 1.54) is 6.08 Å². The Labute approximate surface area is 254 Å². The van der Waals surface area contributed by atoms with E-state index in [4.69, 9.17) is 15.9 Å². The Morgan fingerprint density at radius 3 is 2.35 bits per heavy atom. The number of para-hydroxylation sites is 1. The number of carbonyl (C=O) groups excluding carboxylic acids is 2. The smallest absolute Gasteiger partial charge is 0.244 e. The van der Waals surface area contributed by atoms with Gasteiger partial charge in [0.05, 0.1) is 13.2 Å². The van der Waals surface area contributed by atoms with Crippen LogP contribution < -0.4 is 26.4 Å². The van der Waals surface area contributed by atoms with E-state index < -0.39 is 6.04 Å². The molecule has 4 rings (SSSR count). The topological polar surface area (TPSA) is 133 Å². The molecule has 1 aliphatic rings. The summed E-state index contributed by atoms with van der Waals surface area (Å²) in [4.78, 5) is 28.6. The number of hydrogen-bond acceptors (Lipinski definition) is 5. The van der Waals surface area contributed by atoms with Gasteiger partial charge in [0.15, 0.2) is 5.96 Å². The van der Waals surface area contributed by atoms with Gasteiger partial charge in [-0.2, -0.15) is 0 Å². The van der Waals surface area contributed by atoms with E-state index in [-0.39, 0.29) is 29.7 Å². The van der Waals surface area contributed by atoms with E-state index in [0.717, 1.165) is 16.7 Å². The maximum atomic E-state index is 13.9. The lowest BCUT2D eigenvalue weighted by Crippen LogP contribution is -2.49. The molecule has 0 aliphatic carbocycles. The molecule has 2 atom stereocenters. The second kappa shape index (κ2) is 16.1. The van der Waals surface area contributed by atoms with Crippen LogP contribution in [0.3, 0.4) is 0 Å². The monoisotopic (exact) mass is 582 g/mol. The highest BCUT2D eigenvalue weighted by molar-refractivity contribution is 5.92. The quantitative estimate of drug-likeness (QED) is 0.0908. The zero-order chi connectivity index (χ0) is 30.4. The summed E-state index contributed by atoms with van der Waals surface area (Å²) in [5.41, 5.74) is 8.58. The fourth-order valence-corrected chi connectivity index (χ4v) is 5.41. The molecule has 0 unspecified atom stereocenters. The molecule has 1 heterocycles. The third-order valence-corrected chi connectivity index (χ3v) is 7.66. The first-order chi connectivity index (χ1) is 20.9. The summed E-state index contributed by atoms with van der Waals surface area (Å²) >= 11 is 0. The summed E-state index contributed by atoms with van der Waals surface area (Å²) < 4.78 is 5.36. The van der Waals surface area contributed by atoms with Gasteiger partial charge in [0, 0.05) is 49.8 Å². The fourth-order valence-electron chi connectivity index (χ4n) is 5.41. The normalized spacial score (nSPS) is 17.1. The predicted molar refractivity (Wildman–Crippen MR) is 171 cm³/mol. The molecule has 6 N–H and O–H groups in total. The van der Waals surface area contributed by atoms with E-state index in [1.54, 1.807) is 13.2 Å². The highest BCUT2D eigenvalue weighted by Gasteiger charge is 2.32. The fraction of sp³-hybridized carbons (Fsp3) is 0.324. The van der Waals surface area contributed by atoms with Crippen molar-refractivity contribution in [3.05, 3.63) is 108 Å². The average molecular weight is 583 g/mol. The van der Waals surface area contributed by atoms with Crippen molar-refractivity contribution < 1.29 is 14.3 Å². The third-order valence-electron chi connectivity index (χ3n) is 7.66. The standard InChI is InChI=1S/C34H42N6O3/c1-43-31-17-9-8-15-27(31)18-19-32(41)38-23-28-20-22-40(33(42)30(39-28)16-10-21-37-34(35)36)24-29(25-11-4-2-5-12-25)26-13-6-3-7-14-26/h2-9,11-15,17-19,28-30,39H,10,16,20-24H2,1H3,(H,38,41)(H4,35,36,37)/b19-18+/t28-,30-/m0/s1. The highest BCUT2D eigenvalue weighted by Crippen LogP contribution is 2.27. The van der Waals surface area contributed by atoms with Gasteiger partial charge in [-0.25, -0.2) is 0 Å². The van der Waals surface area contributed by atoms with Crippen LogP contribution in [-0.4, -0.2) is 68.0 Å². The van der Waals surface area contributed by atoms with Gasteiger partial charge < -0.3 is 31.3 Å². The number of amides is 2. The SMILES string of the molecule is COc1ccccc1/C=C/C(=O)NC[C@@H]1CCN(CC(c2ccccc2)c2ccccc2)C(=O)[C@H](CCCNC(=N)N)N1. The summed E-state index contributed by atoms with van der Waals surface area (Å²) in [5, 5.41) is 16.8. The first-order valence-electron chi connectivity index (χ1n) is 14.8. The Morgan fingerprint density at radius 1 is 1.05 bits per heavy atom. The molecule has 1 saturated heterocycles. The summed E-state index contributed by atoms with van der Waals surface area (Å²) in [6, 6.07) is 27.6. The number of ether oxygens (including phenoxy) is 1. The van der Waals surface area contributed by atoms with Crippen molar-refractivity contribution in [1.82, 2.24) is 20.9 Å². The minimum Gasteiger partial charge on any atom is -0.496 e. The molecule has 0 aromatic heterocycles. The van der Waals surface area contributed by atoms with Gasteiger partial charge >= 0.3 is 0 Å². The van der Waals surface area contributed by atoms with E-state index in [1.807, 2.05) is 65.6 Å². The van der Waals surface area contributed by atoms with Crippen molar-refractivity contribution in [3.63, 3.8) is 0 Å². The summed E-state index contributed by atoms with van der Waals surface area (Å²) in [6.45, 7) is 2.02. The van der Waals surface area contributed by atoms with Gasteiger partial charge in [0.1, 0.15) is 5.75 Å². The minimum atomic E-state index is -0.422. The molecule has 9 nitrogen and oxygen atoms in total. The van der Waals surface area contributed by atoms with Crippen LogP contribution in [0.1, 0.15) is 41.9 Å². The number of hydrogen-bond donors (Lipinski definition) is 5. The van der Waals surface area contributed by atoms with Crippen LogP contribution in [-0.2, 0) is 9.59 Å². The highest BCUT2D eigenvalue weighted by atomic mass is 16.5. The van der Waals surface area contributed by atoms with Gasteiger partial charge in [0.25, 0.3) is 0 Å². The van der Waals surface area contributed by atoms with Gasteiger partial charge in [-0.3, -0.25) is 15.0 Å². The molecule has 0 radical (unpaired) electrons. The van der Waals surface area contributed by atoms with Crippen LogP contribution in [0.2, 0.25) is 0 Å². The van der Waals surface area contributed by atoms with Gasteiger partial charge in [-0.05, 0) is 42.5 Å². The van der Waals surface area contributed by atoms with Crippen molar-refractivity contribution in [2.75, 3.05) is 33.3 Å². The average Bonchev–Trinajstić information content (AvgIpc) is 3.18. The maximum Gasteiger partial charge on any atom is 0.244 e. The van der Waals surface area contributed by atoms with Crippen LogP contribution >= 0.6 is 0 Å². The molecule has 226 valence electrons. The molecule has 43 heavy (non-hydrogen) atoms. The Hall–Kier alpha value is -4.63. The molecule has 1 aliphatic heterocycles. The zero-order valence-electron chi connectivity index (χ0n) is 24.7. The molecule has 3 aromatic rings. The van der Waals surface area contributed by atoms with Crippen LogP contribution in [0.15, 0.2) is 91.0 Å². The first-order valence-corrected chi connectivity index (χ1v) is 14.8. The number of nitrogens with zero attached hydrogens (tertiary/aromatic N) is 1. The number of carbonyl (C=O) groups is 2. The first kappa shape index (κ1) is 31.3. The predicted octanol–water partition coefficient (Wildman–Crippen LogP) is 3.48. The number of guanidine groups is 1. The van der Waals surface area contributed by atoms with Gasteiger partial charge in [-0.15, -0.1) is 0 Å². The number of methoxy groups -OCH3 is 1. The van der Waals surface area contributed by atoms with Crippen LogP contribution in [0.25, 0.3) is 6.08 Å². The Kier molecular flexibility index (Phi) is 11.7. The second-order valence-corrected chi connectivity index (χ2v) is 10.7. The molecule has 9 heteroatoms. The molecule has 2 amide bonds. The lowest BCUT2D eigenvalue weighted by molar-refractivity contribution is -0.133. The lowest BCUT2D eigenvalue weighted by Gasteiger charge is -2.29. The zero-order valence-corrected chi connectivity index (χ0v) is 24.7. The molecule has 1 fully saturated rings. The molecular weight excluding hydrogens is 540 g/mol. The molecule has 0 bridgehead atoms. The Morgan fingerprint density at radius 2 is 1.70 bits per heavy atom. The Bertz CT molecular complexity index is 1330. The van der Waals surface area contributed by atoms with Gasteiger partial charge in [0.2, 0.25) is 11.8 Å². The van der Waals surface area contributed by atoms with E-state index in [0.29, 0.717) is 51.2 Å². The number of nitrogens with two attached hydrogens (primary N) is 1. The van der Waals surface area contributed by atoms with E-state index in [2.05, 4.69) is 40.2 Å². The third kappa shape index (κ3) is 9.44. The van der Waals surface area contributed by atoms with E-state index >= 15 is 0 Å². The number of nitrogens with one attached hydrogen (secondary N) is 4. The van der Waals surface area contributed by atoms with Crippen molar-refractivity contribution in [1.29, 1.82) is 5.41 Å². The molecule has 0 saturated carbocycles. The van der Waals surface area contributed by atoms with Crippen molar-refractivity contribution in [2.45, 2.75) is 37.3 Å².